The third-order valence-corrected chi connectivity index (χ3v) is 3.65. The van der Waals surface area contributed by atoms with Gasteiger partial charge in [0.25, 0.3) is 0 Å². The summed E-state index contributed by atoms with van der Waals surface area (Å²) in [5.74, 6) is -1.15. The number of hydrogen-bond acceptors (Lipinski definition) is 3. The van der Waals surface area contributed by atoms with Crippen molar-refractivity contribution in [3.05, 3.63) is 30.1 Å². The molecule has 2 rings (SSSR count). The maximum absolute atomic E-state index is 13.0. The Hall–Kier alpha value is -1.62. The summed E-state index contributed by atoms with van der Waals surface area (Å²) in [7, 11) is 0. The molecule has 0 bridgehead atoms. The van der Waals surface area contributed by atoms with Crippen molar-refractivity contribution in [3.63, 3.8) is 0 Å². The Bertz CT molecular complexity index is 473. The molecule has 1 atom stereocenters. The lowest BCUT2D eigenvalue weighted by molar-refractivity contribution is -0.143. The van der Waals surface area contributed by atoms with E-state index in [0.29, 0.717) is 19.1 Å². The number of aliphatic carboxylic acids is 1. The van der Waals surface area contributed by atoms with Crippen LogP contribution in [0.1, 0.15) is 26.7 Å². The fourth-order valence-electron chi connectivity index (χ4n) is 2.27. The minimum atomic E-state index is -0.994. The van der Waals surface area contributed by atoms with Crippen molar-refractivity contribution in [2.75, 3.05) is 18.0 Å². The second-order valence-corrected chi connectivity index (χ2v) is 5.55. The number of likely N-dealkylation sites (N-methyl/N-ethyl adjacent to an activating group) is 1. The summed E-state index contributed by atoms with van der Waals surface area (Å²) in [6, 6.07) is 6.45. The average Bonchev–Trinajstić information content (AvgIpc) is 3.21. The zero-order valence-corrected chi connectivity index (χ0v) is 11.9. The van der Waals surface area contributed by atoms with Crippen LogP contribution in [-0.4, -0.2) is 35.7 Å². The van der Waals surface area contributed by atoms with E-state index in [1.807, 2.05) is 11.8 Å². The predicted molar refractivity (Wildman–Crippen MR) is 76.5 cm³/mol. The Balaban J connectivity index is 2.13. The topological polar surface area (TPSA) is 52.6 Å². The van der Waals surface area contributed by atoms with E-state index in [0.717, 1.165) is 18.5 Å². The van der Waals surface area contributed by atoms with Gasteiger partial charge in [-0.2, -0.15) is 0 Å². The van der Waals surface area contributed by atoms with Gasteiger partial charge in [-0.25, -0.2) is 4.39 Å². The standard InChI is InChI=1S/C15H21FN2O2/c1-3-18(13-8-4-11(16)5-9-13)10-15(2,14(19)20)17-12-6-7-12/h4-5,8-9,12,17H,3,6-7,10H2,1-2H3,(H,19,20). The molecule has 0 radical (unpaired) electrons. The molecule has 0 spiro atoms. The van der Waals surface area contributed by atoms with E-state index in [1.54, 1.807) is 19.1 Å². The first-order valence-corrected chi connectivity index (χ1v) is 6.96. The molecule has 1 aromatic rings. The van der Waals surface area contributed by atoms with Gasteiger partial charge in [0, 0.05) is 24.8 Å². The molecule has 2 N–H and O–H groups in total. The number of carboxylic acids is 1. The lowest BCUT2D eigenvalue weighted by Crippen LogP contribution is -2.57. The number of carboxylic acid groups (broad SMARTS) is 1. The van der Waals surface area contributed by atoms with Crippen LogP contribution in [0.5, 0.6) is 0 Å². The summed E-state index contributed by atoms with van der Waals surface area (Å²) < 4.78 is 13.0. The minimum Gasteiger partial charge on any atom is -0.480 e. The highest BCUT2D eigenvalue weighted by Crippen LogP contribution is 2.24. The smallest absolute Gasteiger partial charge is 0.325 e. The summed E-state index contributed by atoms with van der Waals surface area (Å²) in [5, 5.41) is 12.7. The van der Waals surface area contributed by atoms with Gasteiger partial charge in [0.2, 0.25) is 0 Å². The van der Waals surface area contributed by atoms with Gasteiger partial charge in [-0.1, -0.05) is 0 Å². The Morgan fingerprint density at radius 2 is 2.05 bits per heavy atom. The van der Waals surface area contributed by atoms with Gasteiger partial charge in [-0.05, 0) is 51.0 Å². The maximum Gasteiger partial charge on any atom is 0.325 e. The van der Waals surface area contributed by atoms with Gasteiger partial charge in [0.15, 0.2) is 0 Å². The summed E-state index contributed by atoms with van der Waals surface area (Å²) in [5.41, 5.74) is -0.162. The fraction of sp³-hybridized carbons (Fsp3) is 0.533. The molecule has 4 nitrogen and oxygen atoms in total. The Labute approximate surface area is 118 Å². The molecule has 1 unspecified atom stereocenters. The van der Waals surface area contributed by atoms with Gasteiger partial charge in [-0.3, -0.25) is 10.1 Å². The van der Waals surface area contributed by atoms with Crippen molar-refractivity contribution < 1.29 is 14.3 Å². The molecule has 1 saturated carbocycles. The summed E-state index contributed by atoms with van der Waals surface area (Å²) in [4.78, 5) is 13.5. The van der Waals surface area contributed by atoms with Crippen LogP contribution >= 0.6 is 0 Å². The number of nitrogens with one attached hydrogen (secondary N) is 1. The van der Waals surface area contributed by atoms with Crippen LogP contribution < -0.4 is 10.2 Å². The van der Waals surface area contributed by atoms with Crippen LogP contribution in [-0.2, 0) is 4.79 Å². The second kappa shape index (κ2) is 5.79. The van der Waals surface area contributed by atoms with Crippen LogP contribution in [0.3, 0.4) is 0 Å². The highest BCUT2D eigenvalue weighted by molar-refractivity contribution is 5.79. The maximum atomic E-state index is 13.0. The van der Waals surface area contributed by atoms with Crippen LogP contribution in [0.25, 0.3) is 0 Å². The van der Waals surface area contributed by atoms with E-state index in [9.17, 15) is 14.3 Å². The van der Waals surface area contributed by atoms with Gasteiger partial charge >= 0.3 is 5.97 Å². The van der Waals surface area contributed by atoms with Gasteiger partial charge in [0.05, 0.1) is 0 Å². The summed E-state index contributed by atoms with van der Waals surface area (Å²) >= 11 is 0. The Kier molecular flexibility index (Phi) is 4.28. The molecule has 1 aromatic carbocycles. The third-order valence-electron chi connectivity index (χ3n) is 3.65. The van der Waals surface area contributed by atoms with Crippen LogP contribution in [0.15, 0.2) is 24.3 Å². The van der Waals surface area contributed by atoms with Gasteiger partial charge < -0.3 is 10.0 Å². The molecule has 20 heavy (non-hydrogen) atoms. The molecular formula is C15H21FN2O2. The minimum absolute atomic E-state index is 0.290. The van der Waals surface area contributed by atoms with E-state index in [1.165, 1.54) is 12.1 Å². The SMILES string of the molecule is CCN(CC(C)(NC1CC1)C(=O)O)c1ccc(F)cc1. The van der Waals surface area contributed by atoms with Gasteiger partial charge in [0.1, 0.15) is 11.4 Å². The Morgan fingerprint density at radius 3 is 2.50 bits per heavy atom. The summed E-state index contributed by atoms with van der Waals surface area (Å²) in [6.07, 6.45) is 2.07. The molecule has 0 saturated heterocycles. The first-order valence-electron chi connectivity index (χ1n) is 6.96. The molecular weight excluding hydrogens is 259 g/mol. The first kappa shape index (κ1) is 14.8. The number of carbonyl (C=O) groups is 1. The lowest BCUT2D eigenvalue weighted by atomic mass is 10.0. The van der Waals surface area contributed by atoms with E-state index < -0.39 is 11.5 Å². The van der Waals surface area contributed by atoms with Gasteiger partial charge in [-0.15, -0.1) is 0 Å². The molecule has 0 aliphatic heterocycles. The number of rotatable bonds is 7. The van der Waals surface area contributed by atoms with E-state index in [2.05, 4.69) is 5.32 Å². The Morgan fingerprint density at radius 1 is 1.45 bits per heavy atom. The van der Waals surface area contributed by atoms with Crippen molar-refractivity contribution in [1.82, 2.24) is 5.32 Å². The molecule has 0 aromatic heterocycles. The van der Waals surface area contributed by atoms with Crippen molar-refractivity contribution >= 4 is 11.7 Å². The zero-order valence-electron chi connectivity index (χ0n) is 11.9. The van der Waals surface area contributed by atoms with Crippen LogP contribution in [0.4, 0.5) is 10.1 Å². The molecule has 110 valence electrons. The van der Waals surface area contributed by atoms with E-state index in [4.69, 9.17) is 0 Å². The summed E-state index contributed by atoms with van der Waals surface area (Å²) in [6.45, 7) is 4.68. The van der Waals surface area contributed by atoms with Crippen LogP contribution in [0.2, 0.25) is 0 Å². The van der Waals surface area contributed by atoms with Crippen LogP contribution in [0, 0.1) is 5.82 Å². The predicted octanol–water partition coefficient (Wildman–Crippen LogP) is 2.25. The number of hydrogen-bond donors (Lipinski definition) is 2. The van der Waals surface area contributed by atoms with Crippen molar-refractivity contribution in [2.24, 2.45) is 0 Å². The van der Waals surface area contributed by atoms with Crippen molar-refractivity contribution in [2.45, 2.75) is 38.3 Å². The fourth-order valence-corrected chi connectivity index (χ4v) is 2.27. The average molecular weight is 280 g/mol. The molecule has 1 fully saturated rings. The monoisotopic (exact) mass is 280 g/mol. The molecule has 1 aliphatic carbocycles. The molecule has 0 heterocycles. The zero-order chi connectivity index (χ0) is 14.8. The highest BCUT2D eigenvalue weighted by Gasteiger charge is 2.39. The van der Waals surface area contributed by atoms with E-state index in [-0.39, 0.29) is 5.82 Å². The number of nitrogens with zero attached hydrogens (tertiary/aromatic N) is 1. The highest BCUT2D eigenvalue weighted by atomic mass is 19.1. The lowest BCUT2D eigenvalue weighted by Gasteiger charge is -2.34. The second-order valence-electron chi connectivity index (χ2n) is 5.55. The normalized spacial score (nSPS) is 17.6. The van der Waals surface area contributed by atoms with Crippen molar-refractivity contribution in [1.29, 1.82) is 0 Å². The van der Waals surface area contributed by atoms with E-state index >= 15 is 0 Å². The third kappa shape index (κ3) is 3.48. The number of anilines is 1. The first-order chi connectivity index (χ1) is 9.44. The quantitative estimate of drug-likeness (QED) is 0.804. The largest absolute Gasteiger partial charge is 0.480 e. The van der Waals surface area contributed by atoms with Crippen molar-refractivity contribution in [3.8, 4) is 0 Å². The number of halogens is 1. The number of benzene rings is 1. The molecule has 1 aliphatic rings. The molecule has 0 amide bonds. The molecule has 5 heteroatoms.